The fraction of sp³-hybridized carbons (Fsp3) is 0.222. The summed E-state index contributed by atoms with van der Waals surface area (Å²) in [4.78, 5) is 7.89. The summed E-state index contributed by atoms with van der Waals surface area (Å²) in [6.07, 6.45) is 2.51. The molecule has 5 nitrogen and oxygen atoms in total. The van der Waals surface area contributed by atoms with Crippen LogP contribution < -0.4 is 0 Å². The second kappa shape index (κ2) is 3.50. The standard InChI is InChI=1S/C9H7N3O2S2/c1-5-6(3-10)4-11-8-7(5)15-9(12-8)16(2,13)14/h4H,1-2H3. The topological polar surface area (TPSA) is 83.7 Å². The van der Waals surface area contributed by atoms with Crippen molar-refractivity contribution in [1.82, 2.24) is 9.97 Å². The van der Waals surface area contributed by atoms with Gasteiger partial charge in [-0.15, -0.1) is 11.3 Å². The molecule has 2 heterocycles. The van der Waals surface area contributed by atoms with Crippen LogP contribution in [0.3, 0.4) is 0 Å². The lowest BCUT2D eigenvalue weighted by Gasteiger charge is -1.94. The van der Waals surface area contributed by atoms with E-state index in [0.29, 0.717) is 15.9 Å². The molecule has 0 saturated heterocycles. The quantitative estimate of drug-likeness (QED) is 0.764. The van der Waals surface area contributed by atoms with Crippen LogP contribution >= 0.6 is 11.3 Å². The van der Waals surface area contributed by atoms with Gasteiger partial charge in [0.25, 0.3) is 0 Å². The van der Waals surface area contributed by atoms with Gasteiger partial charge in [-0.1, -0.05) is 0 Å². The van der Waals surface area contributed by atoms with E-state index in [1.807, 2.05) is 6.07 Å². The first-order valence-electron chi connectivity index (χ1n) is 4.30. The summed E-state index contributed by atoms with van der Waals surface area (Å²) in [5.41, 5.74) is 1.54. The number of aryl methyl sites for hydroxylation is 1. The lowest BCUT2D eigenvalue weighted by molar-refractivity contribution is 0.601. The summed E-state index contributed by atoms with van der Waals surface area (Å²) in [7, 11) is -3.32. The van der Waals surface area contributed by atoms with E-state index in [2.05, 4.69) is 9.97 Å². The normalized spacial score (nSPS) is 11.6. The zero-order valence-electron chi connectivity index (χ0n) is 8.55. The molecule has 0 aliphatic heterocycles. The molecule has 2 aromatic heterocycles. The SMILES string of the molecule is Cc1c(C#N)cnc2nc(S(C)(=O)=O)sc12. The Bertz CT molecular complexity index is 710. The molecule has 0 amide bonds. The zero-order chi connectivity index (χ0) is 11.9. The molecule has 0 aromatic carbocycles. The Balaban J connectivity index is 2.83. The maximum atomic E-state index is 11.3. The van der Waals surface area contributed by atoms with Gasteiger partial charge in [-0.2, -0.15) is 5.26 Å². The van der Waals surface area contributed by atoms with Crippen LogP contribution in [0.5, 0.6) is 0 Å². The molecule has 0 aliphatic rings. The number of thiazole rings is 1. The van der Waals surface area contributed by atoms with Gasteiger partial charge in [0.1, 0.15) is 6.07 Å². The highest BCUT2D eigenvalue weighted by atomic mass is 32.2. The van der Waals surface area contributed by atoms with E-state index in [1.165, 1.54) is 6.20 Å². The summed E-state index contributed by atoms with van der Waals surface area (Å²) < 4.78 is 23.3. The van der Waals surface area contributed by atoms with Gasteiger partial charge in [0.05, 0.1) is 10.3 Å². The second-order valence-electron chi connectivity index (χ2n) is 3.31. The molecule has 16 heavy (non-hydrogen) atoms. The van der Waals surface area contributed by atoms with Crippen molar-refractivity contribution < 1.29 is 8.42 Å². The first-order valence-corrected chi connectivity index (χ1v) is 7.00. The highest BCUT2D eigenvalue weighted by molar-refractivity contribution is 7.92. The van der Waals surface area contributed by atoms with E-state index in [-0.39, 0.29) is 4.34 Å². The summed E-state index contributed by atoms with van der Waals surface area (Å²) in [6.45, 7) is 1.76. The van der Waals surface area contributed by atoms with E-state index in [4.69, 9.17) is 5.26 Å². The van der Waals surface area contributed by atoms with Crippen LogP contribution in [-0.2, 0) is 9.84 Å². The average Bonchev–Trinajstić information content (AvgIpc) is 2.62. The van der Waals surface area contributed by atoms with Gasteiger partial charge in [0.2, 0.25) is 14.2 Å². The number of sulfone groups is 1. The fourth-order valence-electron chi connectivity index (χ4n) is 1.24. The molecule has 0 aliphatic carbocycles. The largest absolute Gasteiger partial charge is 0.234 e. The van der Waals surface area contributed by atoms with Crippen molar-refractivity contribution in [1.29, 1.82) is 5.26 Å². The Hall–Kier alpha value is -1.52. The van der Waals surface area contributed by atoms with E-state index < -0.39 is 9.84 Å². The van der Waals surface area contributed by atoms with Gasteiger partial charge in [0, 0.05) is 12.5 Å². The molecule has 0 atom stereocenters. The van der Waals surface area contributed by atoms with Crippen LogP contribution in [0.25, 0.3) is 10.3 Å². The molecule has 7 heteroatoms. The van der Waals surface area contributed by atoms with Crippen molar-refractivity contribution in [2.24, 2.45) is 0 Å². The lowest BCUT2D eigenvalue weighted by Crippen LogP contribution is -1.95. The van der Waals surface area contributed by atoms with Gasteiger partial charge in [-0.25, -0.2) is 18.4 Å². The molecule has 0 bridgehead atoms. The molecular formula is C9H7N3O2S2. The lowest BCUT2D eigenvalue weighted by atomic mass is 10.2. The Kier molecular flexibility index (Phi) is 2.40. The Morgan fingerprint density at radius 3 is 2.75 bits per heavy atom. The maximum Gasteiger partial charge on any atom is 0.211 e. The number of pyridine rings is 1. The number of nitriles is 1. The average molecular weight is 253 g/mol. The van der Waals surface area contributed by atoms with Crippen LogP contribution in [-0.4, -0.2) is 24.6 Å². The number of hydrogen-bond donors (Lipinski definition) is 0. The van der Waals surface area contributed by atoms with Crippen molar-refractivity contribution in [3.05, 3.63) is 17.3 Å². The van der Waals surface area contributed by atoms with Crippen LogP contribution in [0.15, 0.2) is 10.5 Å². The highest BCUT2D eigenvalue weighted by Crippen LogP contribution is 2.28. The Labute approximate surface area is 96.3 Å². The van der Waals surface area contributed by atoms with E-state index in [0.717, 1.165) is 23.2 Å². The molecule has 82 valence electrons. The Morgan fingerprint density at radius 2 is 2.19 bits per heavy atom. The first kappa shape index (κ1) is 11.0. The molecule has 2 aromatic rings. The molecule has 0 fully saturated rings. The Morgan fingerprint density at radius 1 is 1.50 bits per heavy atom. The number of aromatic nitrogens is 2. The molecule has 0 N–H and O–H groups in total. The van der Waals surface area contributed by atoms with Gasteiger partial charge >= 0.3 is 0 Å². The fourth-order valence-corrected chi connectivity index (χ4v) is 3.11. The third kappa shape index (κ3) is 1.66. The second-order valence-corrected chi connectivity index (χ2v) is 6.50. The van der Waals surface area contributed by atoms with Gasteiger partial charge in [-0.05, 0) is 12.5 Å². The first-order chi connectivity index (χ1) is 7.43. The van der Waals surface area contributed by atoms with E-state index >= 15 is 0 Å². The minimum atomic E-state index is -3.32. The van der Waals surface area contributed by atoms with E-state index in [1.54, 1.807) is 6.92 Å². The molecule has 0 saturated carbocycles. The summed E-state index contributed by atoms with van der Waals surface area (Å²) >= 11 is 1.05. The highest BCUT2D eigenvalue weighted by Gasteiger charge is 2.16. The molecule has 2 rings (SSSR count). The van der Waals surface area contributed by atoms with Crippen molar-refractivity contribution in [2.75, 3.05) is 6.26 Å². The van der Waals surface area contributed by atoms with E-state index in [9.17, 15) is 8.42 Å². The van der Waals surface area contributed by atoms with Crippen molar-refractivity contribution in [2.45, 2.75) is 11.3 Å². The summed E-state index contributed by atoms with van der Waals surface area (Å²) in [5.74, 6) is 0. The van der Waals surface area contributed by atoms with Crippen LogP contribution in [0.1, 0.15) is 11.1 Å². The number of hydrogen-bond acceptors (Lipinski definition) is 6. The predicted octanol–water partition coefficient (Wildman–Crippen LogP) is 1.27. The summed E-state index contributed by atoms with van der Waals surface area (Å²) in [6, 6.07) is 2.00. The minimum absolute atomic E-state index is 0.0354. The monoisotopic (exact) mass is 253 g/mol. The molecular weight excluding hydrogens is 246 g/mol. The van der Waals surface area contributed by atoms with Crippen molar-refractivity contribution in [3.8, 4) is 6.07 Å². The van der Waals surface area contributed by atoms with Gasteiger partial charge < -0.3 is 0 Å². The van der Waals surface area contributed by atoms with Crippen molar-refractivity contribution >= 4 is 31.5 Å². The van der Waals surface area contributed by atoms with Gasteiger partial charge in [-0.3, -0.25) is 0 Å². The minimum Gasteiger partial charge on any atom is -0.234 e. The molecule has 0 radical (unpaired) electrons. The zero-order valence-corrected chi connectivity index (χ0v) is 10.2. The number of nitrogens with zero attached hydrogens (tertiary/aromatic N) is 3. The third-order valence-electron chi connectivity index (χ3n) is 2.09. The number of fused-ring (bicyclic) bond motifs is 1. The third-order valence-corrected chi connectivity index (χ3v) is 4.93. The van der Waals surface area contributed by atoms with Gasteiger partial charge in [0.15, 0.2) is 5.65 Å². The van der Waals surface area contributed by atoms with Crippen LogP contribution in [0.4, 0.5) is 0 Å². The van der Waals surface area contributed by atoms with Crippen LogP contribution in [0, 0.1) is 18.3 Å². The van der Waals surface area contributed by atoms with Crippen molar-refractivity contribution in [3.63, 3.8) is 0 Å². The summed E-state index contributed by atoms with van der Waals surface area (Å²) in [5, 5.41) is 8.82. The predicted molar refractivity (Wildman–Crippen MR) is 60.0 cm³/mol. The number of rotatable bonds is 1. The maximum absolute atomic E-state index is 11.3. The smallest absolute Gasteiger partial charge is 0.211 e. The van der Waals surface area contributed by atoms with Crippen LogP contribution in [0.2, 0.25) is 0 Å². The molecule has 0 spiro atoms. The molecule has 0 unspecified atom stereocenters.